The number of hydrogen-bond donors (Lipinski definition) is 1. The summed E-state index contributed by atoms with van der Waals surface area (Å²) < 4.78 is 62.3. The molecule has 36 heavy (non-hydrogen) atoms. The van der Waals surface area contributed by atoms with Gasteiger partial charge < -0.3 is 14.8 Å². The van der Waals surface area contributed by atoms with Crippen LogP contribution in [0.3, 0.4) is 0 Å². The monoisotopic (exact) mass is 520 g/mol. The first kappa shape index (κ1) is 26.8. The molecule has 188 valence electrons. The van der Waals surface area contributed by atoms with E-state index in [1.54, 1.807) is 49.4 Å². The van der Waals surface area contributed by atoms with Crippen LogP contribution in [-0.4, -0.2) is 30.2 Å². The van der Waals surface area contributed by atoms with Gasteiger partial charge in [-0.15, -0.1) is 5.92 Å². The lowest BCUT2D eigenvalue weighted by atomic mass is 9.80. The molecule has 0 bridgehead atoms. The first-order valence-corrected chi connectivity index (χ1v) is 11.0. The maximum atomic E-state index is 13.7. The molecule has 0 saturated carbocycles. The Morgan fingerprint density at radius 1 is 1.11 bits per heavy atom. The van der Waals surface area contributed by atoms with Gasteiger partial charge in [0.25, 0.3) is 0 Å². The Morgan fingerprint density at radius 3 is 2.50 bits per heavy atom. The normalized spacial score (nSPS) is 12.8. The fraction of sp³-hybridized carbons (Fsp3) is 0.231. The Morgan fingerprint density at radius 2 is 1.86 bits per heavy atom. The van der Waals surface area contributed by atoms with E-state index in [-0.39, 0.29) is 24.3 Å². The van der Waals surface area contributed by atoms with Crippen LogP contribution < -0.4 is 10.1 Å². The van der Waals surface area contributed by atoms with Crippen LogP contribution in [-0.2, 0) is 16.7 Å². The Balaban J connectivity index is 2.17. The number of rotatable bonds is 9. The number of benzene rings is 2. The van der Waals surface area contributed by atoms with E-state index in [0.29, 0.717) is 5.02 Å². The number of alkyl halides is 4. The van der Waals surface area contributed by atoms with Crippen LogP contribution in [0.15, 0.2) is 72.9 Å². The molecular weight excluding hydrogens is 500 g/mol. The highest BCUT2D eigenvalue weighted by atomic mass is 35.5. The quantitative estimate of drug-likeness (QED) is 0.269. The minimum atomic E-state index is -4.72. The summed E-state index contributed by atoms with van der Waals surface area (Å²) >= 11 is 6.02. The van der Waals surface area contributed by atoms with Gasteiger partial charge in [-0.05, 0) is 42.3 Å². The van der Waals surface area contributed by atoms with E-state index in [1.807, 2.05) is 0 Å². The Labute approximate surface area is 210 Å². The number of carbonyl (C=O) groups excluding carboxylic acids is 1. The number of carbonyl (C=O) groups is 1. The largest absolute Gasteiger partial charge is 0.461 e. The van der Waals surface area contributed by atoms with Gasteiger partial charge >= 0.3 is 18.6 Å². The van der Waals surface area contributed by atoms with E-state index in [1.165, 1.54) is 18.3 Å². The molecule has 0 aliphatic carbocycles. The number of ether oxygens (including phenoxy) is 2. The summed E-state index contributed by atoms with van der Waals surface area (Å²) in [6.07, 6.45) is -8.18. The molecule has 1 heterocycles. The topological polar surface area (TPSA) is 60.5 Å². The standard InChI is InChI=1S/C26H21ClF4N2O3/c1-2-3-14-35-24(34)33-25(16-18-8-5-4-6-9-18,22-13-12-20(27)17-32-22)19-10-7-11-21(15-19)36-26(30,31)23(28)29/h4-13,15,17,23H,14,16H2,1H3,(H,33,34)/t25-/m0/s1. The summed E-state index contributed by atoms with van der Waals surface area (Å²) in [6, 6.07) is 17.2. The number of alkyl carbamates (subject to hydrolysis) is 1. The third-order valence-corrected chi connectivity index (χ3v) is 5.30. The first-order chi connectivity index (χ1) is 17.2. The highest BCUT2D eigenvalue weighted by molar-refractivity contribution is 6.30. The van der Waals surface area contributed by atoms with Crippen LogP contribution in [0, 0.1) is 11.8 Å². The van der Waals surface area contributed by atoms with Crippen molar-refractivity contribution in [2.45, 2.75) is 31.4 Å². The number of halogens is 5. The van der Waals surface area contributed by atoms with Crippen molar-refractivity contribution in [3.8, 4) is 17.6 Å². The van der Waals surface area contributed by atoms with Crippen molar-refractivity contribution < 1.29 is 31.8 Å². The molecule has 0 spiro atoms. The van der Waals surface area contributed by atoms with Gasteiger partial charge in [0, 0.05) is 12.6 Å². The summed E-state index contributed by atoms with van der Waals surface area (Å²) in [5, 5.41) is 3.10. The van der Waals surface area contributed by atoms with E-state index >= 15 is 0 Å². The number of nitrogens with zero attached hydrogens (tertiary/aromatic N) is 1. The third-order valence-electron chi connectivity index (χ3n) is 5.08. The number of aromatic nitrogens is 1. The van der Waals surface area contributed by atoms with Crippen molar-refractivity contribution in [3.63, 3.8) is 0 Å². The van der Waals surface area contributed by atoms with Crippen molar-refractivity contribution in [1.82, 2.24) is 10.3 Å². The average molecular weight is 521 g/mol. The Hall–Kier alpha value is -3.77. The zero-order valence-corrected chi connectivity index (χ0v) is 19.7. The molecule has 0 unspecified atom stereocenters. The minimum Gasteiger partial charge on any atom is -0.436 e. The molecule has 3 rings (SSSR count). The zero-order valence-electron chi connectivity index (χ0n) is 19.0. The second kappa shape index (κ2) is 11.8. The van der Waals surface area contributed by atoms with Crippen LogP contribution >= 0.6 is 11.6 Å². The maximum Gasteiger partial charge on any atom is 0.461 e. The molecule has 0 aliphatic heterocycles. The summed E-state index contributed by atoms with van der Waals surface area (Å²) in [4.78, 5) is 17.2. The van der Waals surface area contributed by atoms with E-state index in [2.05, 4.69) is 26.9 Å². The first-order valence-electron chi connectivity index (χ1n) is 10.6. The van der Waals surface area contributed by atoms with Crippen molar-refractivity contribution in [1.29, 1.82) is 0 Å². The number of amides is 1. The van der Waals surface area contributed by atoms with Crippen molar-refractivity contribution in [3.05, 3.63) is 94.8 Å². The Kier molecular flexibility index (Phi) is 8.78. The van der Waals surface area contributed by atoms with E-state index in [9.17, 15) is 22.4 Å². The van der Waals surface area contributed by atoms with Crippen LogP contribution in [0.4, 0.5) is 22.4 Å². The maximum absolute atomic E-state index is 13.7. The number of pyridine rings is 1. The molecule has 1 atom stereocenters. The van der Waals surface area contributed by atoms with Gasteiger partial charge in [0.15, 0.2) is 6.61 Å². The van der Waals surface area contributed by atoms with E-state index in [0.717, 1.165) is 17.7 Å². The fourth-order valence-electron chi connectivity index (χ4n) is 3.46. The van der Waals surface area contributed by atoms with Crippen molar-refractivity contribution in [2.24, 2.45) is 0 Å². The van der Waals surface area contributed by atoms with Gasteiger partial charge in [0.05, 0.1) is 10.7 Å². The molecular formula is C26H21ClF4N2O3. The molecule has 0 radical (unpaired) electrons. The van der Waals surface area contributed by atoms with Crippen LogP contribution in [0.5, 0.6) is 5.75 Å². The van der Waals surface area contributed by atoms with Gasteiger partial charge in [0.2, 0.25) is 0 Å². The molecule has 1 amide bonds. The predicted molar refractivity (Wildman–Crippen MR) is 126 cm³/mol. The van der Waals surface area contributed by atoms with E-state index in [4.69, 9.17) is 16.3 Å². The van der Waals surface area contributed by atoms with E-state index < -0.39 is 29.9 Å². The second-order valence-corrected chi connectivity index (χ2v) is 7.99. The second-order valence-electron chi connectivity index (χ2n) is 7.55. The molecule has 3 aromatic rings. The summed E-state index contributed by atoms with van der Waals surface area (Å²) in [5.74, 6) is 4.68. The van der Waals surface area contributed by atoms with Gasteiger partial charge in [-0.1, -0.05) is 60.0 Å². The molecule has 0 aliphatic rings. The van der Waals surface area contributed by atoms with Gasteiger partial charge in [0.1, 0.15) is 11.3 Å². The lowest BCUT2D eigenvalue weighted by Crippen LogP contribution is -2.49. The molecule has 1 N–H and O–H groups in total. The third kappa shape index (κ3) is 6.67. The van der Waals surface area contributed by atoms with Gasteiger partial charge in [-0.3, -0.25) is 4.98 Å². The fourth-order valence-corrected chi connectivity index (χ4v) is 3.57. The summed E-state index contributed by atoms with van der Waals surface area (Å²) in [5.41, 5.74) is -0.247. The molecule has 0 fully saturated rings. The molecule has 0 saturated heterocycles. The SMILES string of the molecule is CC#CCOC(=O)N[C@@](Cc1ccccc1)(c1cccc(OC(F)(F)C(F)F)c1)c1ccc(Cl)cn1. The van der Waals surface area contributed by atoms with Crippen LogP contribution in [0.1, 0.15) is 23.7 Å². The molecule has 5 nitrogen and oxygen atoms in total. The lowest BCUT2D eigenvalue weighted by molar-refractivity contribution is -0.253. The van der Waals surface area contributed by atoms with Crippen molar-refractivity contribution >= 4 is 17.7 Å². The molecule has 1 aromatic heterocycles. The molecule has 10 heteroatoms. The zero-order chi connectivity index (χ0) is 26.2. The number of hydrogen-bond acceptors (Lipinski definition) is 4. The van der Waals surface area contributed by atoms with Crippen molar-refractivity contribution in [2.75, 3.05) is 6.61 Å². The highest BCUT2D eigenvalue weighted by Gasteiger charge is 2.44. The smallest absolute Gasteiger partial charge is 0.436 e. The lowest BCUT2D eigenvalue weighted by Gasteiger charge is -2.35. The minimum absolute atomic E-state index is 0.0890. The van der Waals surface area contributed by atoms with Crippen LogP contribution in [0.25, 0.3) is 0 Å². The average Bonchev–Trinajstić information content (AvgIpc) is 2.84. The predicted octanol–water partition coefficient (Wildman–Crippen LogP) is 6.21. The number of nitrogens with one attached hydrogen (secondary N) is 1. The Bertz CT molecular complexity index is 1230. The van der Waals surface area contributed by atoms with Crippen LogP contribution in [0.2, 0.25) is 5.02 Å². The summed E-state index contributed by atoms with van der Waals surface area (Å²) in [7, 11) is 0. The molecule has 2 aromatic carbocycles. The van der Waals surface area contributed by atoms with Gasteiger partial charge in [-0.25, -0.2) is 4.79 Å². The summed E-state index contributed by atoms with van der Waals surface area (Å²) in [6.45, 7) is 1.39. The highest BCUT2D eigenvalue weighted by Crippen LogP contribution is 2.36. The van der Waals surface area contributed by atoms with Gasteiger partial charge in [-0.2, -0.15) is 17.6 Å².